The van der Waals surface area contributed by atoms with Crippen LogP contribution in [0.15, 0.2) is 59.1 Å². The molecule has 3 heterocycles. The number of rotatable bonds is 10. The third kappa shape index (κ3) is 6.37. The number of hydrogen-bond donors (Lipinski definition) is 0. The van der Waals surface area contributed by atoms with Gasteiger partial charge in [0.1, 0.15) is 0 Å². The fourth-order valence-corrected chi connectivity index (χ4v) is 4.31. The zero-order valence-corrected chi connectivity index (χ0v) is 20.3. The molecule has 5 rings (SSSR count). The van der Waals surface area contributed by atoms with Crippen LogP contribution in [0.3, 0.4) is 0 Å². The second-order valence-electron chi connectivity index (χ2n) is 9.13. The molecular weight excluding hydrogens is 440 g/mol. The Kier molecular flexibility index (Phi) is 7.55. The molecule has 0 bridgehead atoms. The van der Waals surface area contributed by atoms with E-state index in [1.54, 1.807) is 4.80 Å². The van der Waals surface area contributed by atoms with E-state index in [1.807, 2.05) is 42.5 Å². The molecule has 0 radical (unpaired) electrons. The quantitative estimate of drug-likeness (QED) is 0.323. The van der Waals surface area contributed by atoms with Crippen LogP contribution in [0.4, 0.5) is 0 Å². The van der Waals surface area contributed by atoms with E-state index in [4.69, 9.17) is 4.52 Å². The summed E-state index contributed by atoms with van der Waals surface area (Å²) < 4.78 is 5.50. The number of piperazine rings is 1. The lowest BCUT2D eigenvalue weighted by atomic mass is 10.1. The maximum Gasteiger partial charge on any atom is 0.241 e. The molecule has 182 valence electrons. The Morgan fingerprint density at radius 3 is 2.29 bits per heavy atom. The normalized spacial score (nSPS) is 15.0. The molecule has 35 heavy (non-hydrogen) atoms. The minimum absolute atomic E-state index is 0.663. The molecule has 1 aliphatic heterocycles. The summed E-state index contributed by atoms with van der Waals surface area (Å²) in [6.07, 6.45) is 3.40. The first-order valence-corrected chi connectivity index (χ1v) is 12.4. The summed E-state index contributed by atoms with van der Waals surface area (Å²) in [7, 11) is 0. The number of benzene rings is 2. The van der Waals surface area contributed by atoms with Crippen molar-refractivity contribution in [2.24, 2.45) is 0 Å². The first kappa shape index (κ1) is 23.3. The van der Waals surface area contributed by atoms with E-state index in [-0.39, 0.29) is 0 Å². The fourth-order valence-electron chi connectivity index (χ4n) is 4.31. The molecule has 0 aliphatic carbocycles. The van der Waals surface area contributed by atoms with Crippen LogP contribution in [0, 0.1) is 6.92 Å². The van der Waals surface area contributed by atoms with Crippen molar-refractivity contribution in [2.45, 2.75) is 39.3 Å². The number of aromatic nitrogens is 6. The van der Waals surface area contributed by atoms with Crippen molar-refractivity contribution in [2.75, 3.05) is 32.7 Å². The second-order valence-corrected chi connectivity index (χ2v) is 9.13. The largest absolute Gasteiger partial charge is 0.338 e. The van der Waals surface area contributed by atoms with Crippen LogP contribution in [0.5, 0.6) is 0 Å². The molecule has 4 aromatic rings. The van der Waals surface area contributed by atoms with Crippen molar-refractivity contribution in [1.82, 2.24) is 40.1 Å². The van der Waals surface area contributed by atoms with Gasteiger partial charge in [0.05, 0.1) is 13.1 Å². The molecule has 9 heteroatoms. The minimum atomic E-state index is 0.663. The van der Waals surface area contributed by atoms with Crippen LogP contribution in [-0.4, -0.2) is 72.9 Å². The van der Waals surface area contributed by atoms with Crippen LogP contribution >= 0.6 is 0 Å². The molecule has 1 aliphatic rings. The van der Waals surface area contributed by atoms with Gasteiger partial charge in [-0.15, -0.1) is 10.2 Å². The molecule has 0 unspecified atom stereocenters. The average Bonchev–Trinajstić information content (AvgIpc) is 3.56. The van der Waals surface area contributed by atoms with Gasteiger partial charge >= 0.3 is 0 Å². The molecular formula is C26H32N8O. The summed E-state index contributed by atoms with van der Waals surface area (Å²) in [5, 5.41) is 17.0. The highest BCUT2D eigenvalue weighted by molar-refractivity contribution is 5.54. The van der Waals surface area contributed by atoms with Crippen LogP contribution in [0.2, 0.25) is 0 Å². The summed E-state index contributed by atoms with van der Waals surface area (Å²) in [4.78, 5) is 11.2. The van der Waals surface area contributed by atoms with Gasteiger partial charge in [0.2, 0.25) is 17.5 Å². The SMILES string of the molecule is Cc1ccc(-c2noc(CN3CCN(CCCCCn4nnc(-c5ccccc5)n4)CC3)n2)cc1. The van der Waals surface area contributed by atoms with E-state index in [9.17, 15) is 0 Å². The molecule has 2 aromatic carbocycles. The van der Waals surface area contributed by atoms with Gasteiger partial charge in [0, 0.05) is 37.3 Å². The van der Waals surface area contributed by atoms with Gasteiger partial charge in [-0.1, -0.05) is 71.7 Å². The Morgan fingerprint density at radius 2 is 1.49 bits per heavy atom. The highest BCUT2D eigenvalue weighted by Gasteiger charge is 2.19. The highest BCUT2D eigenvalue weighted by atomic mass is 16.5. The summed E-state index contributed by atoms with van der Waals surface area (Å²) in [5.41, 5.74) is 3.22. The van der Waals surface area contributed by atoms with Crippen LogP contribution in [-0.2, 0) is 13.1 Å². The van der Waals surface area contributed by atoms with E-state index in [2.05, 4.69) is 54.4 Å². The zero-order valence-electron chi connectivity index (χ0n) is 20.3. The van der Waals surface area contributed by atoms with Crippen molar-refractivity contribution in [1.29, 1.82) is 0 Å². The standard InChI is InChI=1S/C26H32N8O/c1-21-10-12-23(13-11-21)25-27-24(35-30-25)20-33-18-16-32(17-19-33)14-6-3-7-15-34-29-26(28-31-34)22-8-4-2-5-9-22/h2,4-5,8-13H,3,6-7,14-20H2,1H3. The highest BCUT2D eigenvalue weighted by Crippen LogP contribution is 2.17. The molecule has 2 aromatic heterocycles. The molecule has 1 saturated heterocycles. The van der Waals surface area contributed by atoms with E-state index < -0.39 is 0 Å². The van der Waals surface area contributed by atoms with Gasteiger partial charge in [0.15, 0.2) is 0 Å². The van der Waals surface area contributed by atoms with Gasteiger partial charge < -0.3 is 9.42 Å². The molecule has 0 spiro atoms. The zero-order chi connectivity index (χ0) is 23.9. The lowest BCUT2D eigenvalue weighted by Gasteiger charge is -2.33. The van der Waals surface area contributed by atoms with Crippen molar-refractivity contribution in [3.8, 4) is 22.8 Å². The smallest absolute Gasteiger partial charge is 0.241 e. The summed E-state index contributed by atoms with van der Waals surface area (Å²) >= 11 is 0. The predicted octanol–water partition coefficient (Wildman–Crippen LogP) is 3.69. The van der Waals surface area contributed by atoms with Gasteiger partial charge in [-0.05, 0) is 31.5 Å². The molecule has 1 fully saturated rings. The Labute approximate surface area is 205 Å². The molecule has 0 amide bonds. The summed E-state index contributed by atoms with van der Waals surface area (Å²) in [5.74, 6) is 2.04. The van der Waals surface area contributed by atoms with Crippen molar-refractivity contribution < 1.29 is 4.52 Å². The number of nitrogens with zero attached hydrogens (tertiary/aromatic N) is 8. The number of tetrazole rings is 1. The van der Waals surface area contributed by atoms with Crippen LogP contribution in [0.1, 0.15) is 30.7 Å². The Balaban J connectivity index is 0.976. The number of unbranched alkanes of at least 4 members (excludes halogenated alkanes) is 2. The molecule has 0 N–H and O–H groups in total. The van der Waals surface area contributed by atoms with Gasteiger partial charge in [-0.3, -0.25) is 4.90 Å². The maximum atomic E-state index is 5.50. The third-order valence-corrected chi connectivity index (χ3v) is 6.42. The van der Waals surface area contributed by atoms with Gasteiger partial charge in [-0.2, -0.15) is 9.78 Å². The van der Waals surface area contributed by atoms with Gasteiger partial charge in [-0.25, -0.2) is 0 Å². The van der Waals surface area contributed by atoms with Crippen LogP contribution < -0.4 is 0 Å². The average molecular weight is 473 g/mol. The maximum absolute atomic E-state index is 5.50. The molecule has 0 saturated carbocycles. The van der Waals surface area contributed by atoms with E-state index in [0.29, 0.717) is 24.1 Å². The predicted molar refractivity (Wildman–Crippen MR) is 133 cm³/mol. The van der Waals surface area contributed by atoms with Crippen molar-refractivity contribution in [3.63, 3.8) is 0 Å². The molecule has 9 nitrogen and oxygen atoms in total. The monoisotopic (exact) mass is 472 g/mol. The Bertz CT molecular complexity index is 1180. The lowest BCUT2D eigenvalue weighted by Crippen LogP contribution is -2.46. The van der Waals surface area contributed by atoms with Gasteiger partial charge in [0.25, 0.3) is 0 Å². The minimum Gasteiger partial charge on any atom is -0.338 e. The van der Waals surface area contributed by atoms with Crippen molar-refractivity contribution in [3.05, 3.63) is 66.1 Å². The number of hydrogen-bond acceptors (Lipinski definition) is 8. The second kappa shape index (κ2) is 11.3. The molecule has 0 atom stereocenters. The number of aryl methyl sites for hydroxylation is 2. The van der Waals surface area contributed by atoms with E-state index in [0.717, 1.165) is 63.2 Å². The van der Waals surface area contributed by atoms with E-state index >= 15 is 0 Å². The Morgan fingerprint density at radius 1 is 0.771 bits per heavy atom. The topological polar surface area (TPSA) is 89.0 Å². The Hall–Kier alpha value is -3.43. The summed E-state index contributed by atoms with van der Waals surface area (Å²) in [6.45, 7) is 8.91. The fraction of sp³-hybridized carbons (Fsp3) is 0.423. The van der Waals surface area contributed by atoms with Crippen molar-refractivity contribution >= 4 is 0 Å². The van der Waals surface area contributed by atoms with Crippen LogP contribution in [0.25, 0.3) is 22.8 Å². The lowest BCUT2D eigenvalue weighted by molar-refractivity contribution is 0.115. The van der Waals surface area contributed by atoms with E-state index in [1.165, 1.54) is 12.0 Å². The summed E-state index contributed by atoms with van der Waals surface area (Å²) in [6, 6.07) is 18.2. The first-order chi connectivity index (χ1) is 17.2. The third-order valence-electron chi connectivity index (χ3n) is 6.42. The first-order valence-electron chi connectivity index (χ1n) is 12.4.